The minimum Gasteiger partial charge on any atom is -0.398 e. The number of carbonyl (C=O) groups excluding carboxylic acids is 1. The first-order valence-corrected chi connectivity index (χ1v) is 7.07. The van der Waals surface area contributed by atoms with Crippen LogP contribution in [-0.2, 0) is 0 Å². The SMILES string of the molecule is Cc1sc(C(=O)Nc2ccccc2C(C)C)cc1N. The van der Waals surface area contributed by atoms with Crippen molar-refractivity contribution in [3.8, 4) is 0 Å². The third kappa shape index (κ3) is 2.96. The predicted octanol–water partition coefficient (Wildman–Crippen LogP) is 4.01. The van der Waals surface area contributed by atoms with Gasteiger partial charge in [0, 0.05) is 16.3 Å². The maximum Gasteiger partial charge on any atom is 0.265 e. The van der Waals surface area contributed by atoms with E-state index in [0.717, 1.165) is 16.1 Å². The number of nitrogen functional groups attached to an aromatic ring is 1. The molecule has 1 heterocycles. The Bertz CT molecular complexity index is 582. The molecule has 1 amide bonds. The van der Waals surface area contributed by atoms with Gasteiger partial charge in [-0.05, 0) is 30.5 Å². The summed E-state index contributed by atoms with van der Waals surface area (Å²) >= 11 is 1.42. The normalized spacial score (nSPS) is 10.7. The summed E-state index contributed by atoms with van der Waals surface area (Å²) in [6.07, 6.45) is 0. The number of nitrogens with one attached hydrogen (secondary N) is 1. The molecule has 3 nitrogen and oxygen atoms in total. The Labute approximate surface area is 117 Å². The molecule has 0 saturated heterocycles. The van der Waals surface area contributed by atoms with Crippen LogP contribution >= 0.6 is 11.3 Å². The van der Waals surface area contributed by atoms with E-state index in [9.17, 15) is 4.79 Å². The van der Waals surface area contributed by atoms with Crippen molar-refractivity contribution in [2.24, 2.45) is 0 Å². The molecule has 0 spiro atoms. The van der Waals surface area contributed by atoms with E-state index in [1.807, 2.05) is 31.2 Å². The average molecular weight is 274 g/mol. The number of nitrogens with two attached hydrogens (primary N) is 1. The molecule has 0 atom stereocenters. The van der Waals surface area contributed by atoms with Crippen molar-refractivity contribution in [2.75, 3.05) is 11.1 Å². The summed E-state index contributed by atoms with van der Waals surface area (Å²) in [4.78, 5) is 13.8. The van der Waals surface area contributed by atoms with Gasteiger partial charge in [-0.15, -0.1) is 11.3 Å². The van der Waals surface area contributed by atoms with Crippen molar-refractivity contribution < 1.29 is 4.79 Å². The summed E-state index contributed by atoms with van der Waals surface area (Å²) in [5, 5.41) is 2.96. The number of benzene rings is 1. The molecule has 3 N–H and O–H groups in total. The highest BCUT2D eigenvalue weighted by molar-refractivity contribution is 7.14. The topological polar surface area (TPSA) is 55.1 Å². The number of anilines is 2. The van der Waals surface area contributed by atoms with Gasteiger partial charge in [-0.1, -0.05) is 32.0 Å². The summed E-state index contributed by atoms with van der Waals surface area (Å²) < 4.78 is 0. The number of para-hydroxylation sites is 1. The van der Waals surface area contributed by atoms with Crippen LogP contribution in [0.4, 0.5) is 11.4 Å². The van der Waals surface area contributed by atoms with E-state index in [1.54, 1.807) is 6.07 Å². The molecule has 0 aliphatic carbocycles. The number of hydrogen-bond acceptors (Lipinski definition) is 3. The van der Waals surface area contributed by atoms with Gasteiger partial charge in [0.25, 0.3) is 5.91 Å². The summed E-state index contributed by atoms with van der Waals surface area (Å²) in [6, 6.07) is 9.60. The van der Waals surface area contributed by atoms with Crippen LogP contribution in [0.25, 0.3) is 0 Å². The lowest BCUT2D eigenvalue weighted by Gasteiger charge is -2.12. The molecule has 0 aliphatic heterocycles. The number of hydrogen-bond donors (Lipinski definition) is 2. The van der Waals surface area contributed by atoms with Crippen molar-refractivity contribution in [1.82, 2.24) is 0 Å². The molecule has 100 valence electrons. The van der Waals surface area contributed by atoms with Crippen molar-refractivity contribution >= 4 is 28.6 Å². The lowest BCUT2D eigenvalue weighted by atomic mass is 10.0. The molecule has 0 radical (unpaired) electrons. The number of amides is 1. The molecule has 1 aromatic heterocycles. The fraction of sp³-hybridized carbons (Fsp3) is 0.267. The zero-order valence-corrected chi connectivity index (χ0v) is 12.2. The van der Waals surface area contributed by atoms with Gasteiger partial charge >= 0.3 is 0 Å². The third-order valence-electron chi connectivity index (χ3n) is 3.01. The Balaban J connectivity index is 2.24. The largest absolute Gasteiger partial charge is 0.398 e. The second-order valence-corrected chi connectivity index (χ2v) is 6.07. The van der Waals surface area contributed by atoms with Crippen LogP contribution in [0.5, 0.6) is 0 Å². The zero-order valence-electron chi connectivity index (χ0n) is 11.4. The Kier molecular flexibility index (Phi) is 3.90. The maximum atomic E-state index is 12.2. The van der Waals surface area contributed by atoms with Gasteiger partial charge in [0.15, 0.2) is 0 Å². The van der Waals surface area contributed by atoms with E-state index in [0.29, 0.717) is 16.5 Å². The zero-order chi connectivity index (χ0) is 14.0. The van der Waals surface area contributed by atoms with E-state index >= 15 is 0 Å². The van der Waals surface area contributed by atoms with Crippen LogP contribution in [0.1, 0.15) is 39.9 Å². The lowest BCUT2D eigenvalue weighted by molar-refractivity contribution is 0.103. The first-order chi connectivity index (χ1) is 8.99. The van der Waals surface area contributed by atoms with Crippen molar-refractivity contribution in [2.45, 2.75) is 26.7 Å². The van der Waals surface area contributed by atoms with Crippen molar-refractivity contribution in [3.05, 3.63) is 45.6 Å². The molecule has 2 aromatic rings. The number of aryl methyl sites for hydroxylation is 1. The second kappa shape index (κ2) is 5.45. The van der Waals surface area contributed by atoms with Gasteiger partial charge in [0.1, 0.15) is 0 Å². The lowest BCUT2D eigenvalue weighted by Crippen LogP contribution is -2.12. The number of thiophene rings is 1. The molecule has 1 aromatic carbocycles. The number of rotatable bonds is 3. The summed E-state index contributed by atoms with van der Waals surface area (Å²) in [5.74, 6) is 0.268. The smallest absolute Gasteiger partial charge is 0.265 e. The third-order valence-corrected chi connectivity index (χ3v) is 4.08. The molecule has 4 heteroatoms. The van der Waals surface area contributed by atoms with E-state index in [1.165, 1.54) is 11.3 Å². The highest BCUT2D eigenvalue weighted by atomic mass is 32.1. The first kappa shape index (κ1) is 13.6. The Hall–Kier alpha value is -1.81. The fourth-order valence-electron chi connectivity index (χ4n) is 1.91. The highest BCUT2D eigenvalue weighted by Crippen LogP contribution is 2.27. The molecule has 2 rings (SSSR count). The van der Waals surface area contributed by atoms with Gasteiger partial charge in [-0.2, -0.15) is 0 Å². The minimum atomic E-state index is -0.0992. The molecule has 0 bridgehead atoms. The van der Waals surface area contributed by atoms with Crippen LogP contribution in [0, 0.1) is 6.92 Å². The maximum absolute atomic E-state index is 12.2. The first-order valence-electron chi connectivity index (χ1n) is 6.25. The molecule has 19 heavy (non-hydrogen) atoms. The Morgan fingerprint density at radius 1 is 1.32 bits per heavy atom. The fourth-order valence-corrected chi connectivity index (χ4v) is 2.74. The summed E-state index contributed by atoms with van der Waals surface area (Å²) in [5.41, 5.74) is 8.46. The number of carbonyl (C=O) groups is 1. The van der Waals surface area contributed by atoms with Crippen LogP contribution in [0.3, 0.4) is 0 Å². The van der Waals surface area contributed by atoms with E-state index in [4.69, 9.17) is 5.73 Å². The molecular weight excluding hydrogens is 256 g/mol. The monoisotopic (exact) mass is 274 g/mol. The van der Waals surface area contributed by atoms with Crippen LogP contribution in [0.15, 0.2) is 30.3 Å². The molecule has 0 fully saturated rings. The van der Waals surface area contributed by atoms with Crippen LogP contribution in [0.2, 0.25) is 0 Å². The predicted molar refractivity (Wildman–Crippen MR) is 82.0 cm³/mol. The van der Waals surface area contributed by atoms with Gasteiger partial charge in [0.2, 0.25) is 0 Å². The molecule has 0 aliphatic rings. The van der Waals surface area contributed by atoms with Crippen LogP contribution < -0.4 is 11.1 Å². The quantitative estimate of drug-likeness (QED) is 0.888. The van der Waals surface area contributed by atoms with Gasteiger partial charge in [0.05, 0.1) is 4.88 Å². The van der Waals surface area contributed by atoms with E-state index in [-0.39, 0.29) is 5.91 Å². The minimum absolute atomic E-state index is 0.0992. The van der Waals surface area contributed by atoms with Gasteiger partial charge in [-0.3, -0.25) is 4.79 Å². The molecule has 0 unspecified atom stereocenters. The second-order valence-electron chi connectivity index (χ2n) is 4.82. The highest BCUT2D eigenvalue weighted by Gasteiger charge is 2.13. The molecule has 0 saturated carbocycles. The van der Waals surface area contributed by atoms with Crippen molar-refractivity contribution in [1.29, 1.82) is 0 Å². The summed E-state index contributed by atoms with van der Waals surface area (Å²) in [6.45, 7) is 6.13. The molecular formula is C15H18N2OS. The summed E-state index contributed by atoms with van der Waals surface area (Å²) in [7, 11) is 0. The Morgan fingerprint density at radius 3 is 2.58 bits per heavy atom. The van der Waals surface area contributed by atoms with Gasteiger partial charge in [-0.25, -0.2) is 0 Å². The average Bonchev–Trinajstić information content (AvgIpc) is 2.70. The van der Waals surface area contributed by atoms with Crippen molar-refractivity contribution in [3.63, 3.8) is 0 Å². The van der Waals surface area contributed by atoms with E-state index < -0.39 is 0 Å². The standard InChI is InChI=1S/C15H18N2OS/c1-9(2)11-6-4-5-7-13(11)17-15(18)14-8-12(16)10(3)19-14/h4-9H,16H2,1-3H3,(H,17,18). The van der Waals surface area contributed by atoms with Gasteiger partial charge < -0.3 is 11.1 Å². The Morgan fingerprint density at radius 2 is 2.00 bits per heavy atom. The van der Waals surface area contributed by atoms with Crippen LogP contribution in [-0.4, -0.2) is 5.91 Å². The van der Waals surface area contributed by atoms with E-state index in [2.05, 4.69) is 19.2 Å².